The molecule has 1 aliphatic rings. The molecule has 1 aliphatic carbocycles. The number of para-hydroxylation sites is 1. The average molecular weight is 250 g/mol. The molecule has 1 aromatic carbocycles. The van der Waals surface area contributed by atoms with Crippen molar-refractivity contribution in [2.75, 3.05) is 5.32 Å². The first-order valence-electron chi connectivity index (χ1n) is 5.65. The molecule has 0 unspecified atom stereocenters. The van der Waals surface area contributed by atoms with E-state index in [1.807, 2.05) is 13.0 Å². The van der Waals surface area contributed by atoms with Crippen molar-refractivity contribution in [3.63, 3.8) is 0 Å². The number of halogens is 2. The third kappa shape index (κ3) is 1.94. The molecule has 1 amide bonds. The molecular formula is C13H12F2N2O. The number of anilines is 1. The summed E-state index contributed by atoms with van der Waals surface area (Å²) in [5, 5.41) is 11.2. The van der Waals surface area contributed by atoms with E-state index in [2.05, 4.69) is 5.32 Å². The summed E-state index contributed by atoms with van der Waals surface area (Å²) in [6.45, 7) is 1.92. The highest BCUT2D eigenvalue weighted by Crippen LogP contribution is 2.45. The van der Waals surface area contributed by atoms with Gasteiger partial charge in [-0.2, -0.15) is 5.26 Å². The summed E-state index contributed by atoms with van der Waals surface area (Å²) in [6.07, 6.45) is 0.844. The van der Waals surface area contributed by atoms with Gasteiger partial charge in [-0.15, -0.1) is 0 Å². The van der Waals surface area contributed by atoms with Gasteiger partial charge >= 0.3 is 0 Å². The molecule has 0 heterocycles. The first-order chi connectivity index (χ1) is 8.48. The van der Waals surface area contributed by atoms with E-state index >= 15 is 0 Å². The minimum Gasteiger partial charge on any atom is -0.320 e. The van der Waals surface area contributed by atoms with E-state index in [1.54, 1.807) is 0 Å². The van der Waals surface area contributed by atoms with Gasteiger partial charge in [0.15, 0.2) is 0 Å². The van der Waals surface area contributed by atoms with Crippen molar-refractivity contribution in [1.29, 1.82) is 5.26 Å². The summed E-state index contributed by atoms with van der Waals surface area (Å²) < 4.78 is 26.7. The fourth-order valence-corrected chi connectivity index (χ4v) is 2.31. The molecule has 0 atom stereocenters. The summed E-state index contributed by atoms with van der Waals surface area (Å²) in [7, 11) is 0. The number of nitrogens with one attached hydrogen (secondary N) is 1. The first-order valence-corrected chi connectivity index (χ1v) is 5.65. The van der Waals surface area contributed by atoms with Crippen LogP contribution in [0.25, 0.3) is 0 Å². The van der Waals surface area contributed by atoms with Gasteiger partial charge in [-0.3, -0.25) is 4.79 Å². The number of nitrogens with zero attached hydrogens (tertiary/aromatic N) is 1. The van der Waals surface area contributed by atoms with Gasteiger partial charge in [-0.1, -0.05) is 13.0 Å². The summed E-state index contributed by atoms with van der Waals surface area (Å²) in [4.78, 5) is 11.9. The maximum atomic E-state index is 13.4. The Morgan fingerprint density at radius 2 is 2.00 bits per heavy atom. The lowest BCUT2D eigenvalue weighted by Gasteiger charge is -2.39. The highest BCUT2D eigenvalue weighted by Gasteiger charge is 2.49. The molecular weight excluding hydrogens is 238 g/mol. The molecule has 1 aromatic rings. The lowest BCUT2D eigenvalue weighted by molar-refractivity contribution is -0.128. The SMILES string of the molecule is CC1CC(C#N)(C(=O)Nc2c(F)cccc2F)C1. The molecule has 0 bridgehead atoms. The quantitative estimate of drug-likeness (QED) is 0.877. The monoisotopic (exact) mass is 250 g/mol. The van der Waals surface area contributed by atoms with Gasteiger partial charge in [0.05, 0.1) is 6.07 Å². The van der Waals surface area contributed by atoms with Gasteiger partial charge < -0.3 is 5.32 Å². The zero-order valence-corrected chi connectivity index (χ0v) is 9.84. The molecule has 0 saturated heterocycles. The Hall–Kier alpha value is -1.96. The van der Waals surface area contributed by atoms with Gasteiger partial charge in [-0.05, 0) is 30.9 Å². The van der Waals surface area contributed by atoms with Crippen LogP contribution in [-0.2, 0) is 4.79 Å². The Morgan fingerprint density at radius 3 is 2.44 bits per heavy atom. The Balaban J connectivity index is 2.20. The maximum absolute atomic E-state index is 13.4. The number of carbonyl (C=O) groups excluding carboxylic acids is 1. The molecule has 94 valence electrons. The molecule has 3 nitrogen and oxygen atoms in total. The fourth-order valence-electron chi connectivity index (χ4n) is 2.31. The average Bonchev–Trinajstić information content (AvgIpc) is 2.29. The van der Waals surface area contributed by atoms with E-state index in [1.165, 1.54) is 6.07 Å². The van der Waals surface area contributed by atoms with Gasteiger partial charge in [0.1, 0.15) is 22.7 Å². The van der Waals surface area contributed by atoms with Crippen molar-refractivity contribution in [3.8, 4) is 6.07 Å². The summed E-state index contributed by atoms with van der Waals surface area (Å²) >= 11 is 0. The molecule has 1 saturated carbocycles. The second-order valence-corrected chi connectivity index (χ2v) is 4.76. The second-order valence-electron chi connectivity index (χ2n) is 4.76. The van der Waals surface area contributed by atoms with Crippen LogP contribution in [0.5, 0.6) is 0 Å². The number of hydrogen-bond acceptors (Lipinski definition) is 2. The molecule has 0 aliphatic heterocycles. The van der Waals surface area contributed by atoms with Crippen LogP contribution >= 0.6 is 0 Å². The van der Waals surface area contributed by atoms with E-state index < -0.39 is 28.6 Å². The predicted octanol–water partition coefficient (Wildman–Crippen LogP) is 2.84. The number of rotatable bonds is 2. The Labute approximate surface area is 103 Å². The number of benzene rings is 1. The molecule has 18 heavy (non-hydrogen) atoms. The summed E-state index contributed by atoms with van der Waals surface area (Å²) in [5.74, 6) is -2.04. The van der Waals surface area contributed by atoms with Crippen LogP contribution in [0.3, 0.4) is 0 Å². The number of carbonyl (C=O) groups is 1. The topological polar surface area (TPSA) is 52.9 Å². The molecule has 0 aromatic heterocycles. The third-order valence-electron chi connectivity index (χ3n) is 3.24. The van der Waals surface area contributed by atoms with E-state index in [-0.39, 0.29) is 5.92 Å². The van der Waals surface area contributed by atoms with E-state index in [0.29, 0.717) is 12.8 Å². The molecule has 5 heteroatoms. The fraction of sp³-hybridized carbons (Fsp3) is 0.385. The van der Waals surface area contributed by atoms with E-state index in [0.717, 1.165) is 12.1 Å². The van der Waals surface area contributed by atoms with Gasteiger partial charge in [0.2, 0.25) is 5.91 Å². The smallest absolute Gasteiger partial charge is 0.245 e. The van der Waals surface area contributed by atoms with Crippen LogP contribution in [-0.4, -0.2) is 5.91 Å². The molecule has 0 spiro atoms. The summed E-state index contributed by atoms with van der Waals surface area (Å²) in [5.41, 5.74) is -1.63. The van der Waals surface area contributed by atoms with Gasteiger partial charge in [0, 0.05) is 0 Å². The highest BCUT2D eigenvalue weighted by atomic mass is 19.1. The van der Waals surface area contributed by atoms with Crippen molar-refractivity contribution in [3.05, 3.63) is 29.8 Å². The minimum absolute atomic E-state index is 0.279. The Bertz CT molecular complexity index is 510. The molecule has 1 N–H and O–H groups in total. The Morgan fingerprint density at radius 1 is 1.44 bits per heavy atom. The van der Waals surface area contributed by atoms with Crippen LogP contribution in [0.4, 0.5) is 14.5 Å². The van der Waals surface area contributed by atoms with Crippen LogP contribution in [0.2, 0.25) is 0 Å². The lowest BCUT2D eigenvalue weighted by Crippen LogP contribution is -2.45. The van der Waals surface area contributed by atoms with Crippen LogP contribution in [0.1, 0.15) is 19.8 Å². The number of amides is 1. The van der Waals surface area contributed by atoms with Crippen molar-refractivity contribution >= 4 is 11.6 Å². The standard InChI is InChI=1S/C13H12F2N2O/c1-8-5-13(6-8,7-16)12(18)17-11-9(14)3-2-4-10(11)15/h2-4,8H,5-6H2,1H3,(H,17,18). The van der Waals surface area contributed by atoms with Gasteiger partial charge in [0.25, 0.3) is 0 Å². The maximum Gasteiger partial charge on any atom is 0.245 e. The first kappa shape index (κ1) is 12.5. The molecule has 2 rings (SSSR count). The summed E-state index contributed by atoms with van der Waals surface area (Å²) in [6, 6.07) is 5.27. The zero-order valence-electron chi connectivity index (χ0n) is 9.84. The van der Waals surface area contributed by atoms with Gasteiger partial charge in [-0.25, -0.2) is 8.78 Å². The highest BCUT2D eigenvalue weighted by molar-refractivity contribution is 5.98. The number of hydrogen-bond donors (Lipinski definition) is 1. The van der Waals surface area contributed by atoms with Crippen molar-refractivity contribution in [2.45, 2.75) is 19.8 Å². The third-order valence-corrected chi connectivity index (χ3v) is 3.24. The van der Waals surface area contributed by atoms with Crippen molar-refractivity contribution in [2.24, 2.45) is 11.3 Å². The lowest BCUT2D eigenvalue weighted by atomic mass is 9.63. The van der Waals surface area contributed by atoms with E-state index in [4.69, 9.17) is 5.26 Å². The second kappa shape index (κ2) is 4.37. The largest absolute Gasteiger partial charge is 0.320 e. The zero-order chi connectivity index (χ0) is 13.3. The molecule has 0 radical (unpaired) electrons. The van der Waals surface area contributed by atoms with Crippen LogP contribution < -0.4 is 5.32 Å². The van der Waals surface area contributed by atoms with Crippen LogP contribution in [0.15, 0.2) is 18.2 Å². The Kier molecular flexibility index (Phi) is 3.04. The normalized spacial score (nSPS) is 26.0. The molecule has 1 fully saturated rings. The minimum atomic E-state index is -1.14. The van der Waals surface area contributed by atoms with Crippen molar-refractivity contribution < 1.29 is 13.6 Å². The van der Waals surface area contributed by atoms with Crippen molar-refractivity contribution in [1.82, 2.24) is 0 Å². The number of nitriles is 1. The van der Waals surface area contributed by atoms with E-state index in [9.17, 15) is 13.6 Å². The predicted molar refractivity (Wildman–Crippen MR) is 61.4 cm³/mol. The van der Waals surface area contributed by atoms with Crippen LogP contribution in [0, 0.1) is 34.3 Å².